The molecule has 4 rings (SSSR count). The van der Waals surface area contributed by atoms with Crippen LogP contribution < -0.4 is 10.6 Å². The Labute approximate surface area is 203 Å². The van der Waals surface area contributed by atoms with Crippen LogP contribution in [0.5, 0.6) is 0 Å². The van der Waals surface area contributed by atoms with Gasteiger partial charge in [-0.1, -0.05) is 60.1 Å². The predicted octanol–water partition coefficient (Wildman–Crippen LogP) is 5.39. The Morgan fingerprint density at radius 2 is 1.57 bits per heavy atom. The molecule has 0 bridgehead atoms. The maximum absolute atomic E-state index is 13.2. The summed E-state index contributed by atoms with van der Waals surface area (Å²) in [6, 6.07) is 19.2. The Balaban J connectivity index is 1.51. The van der Waals surface area contributed by atoms with Gasteiger partial charge < -0.3 is 10.6 Å². The van der Waals surface area contributed by atoms with Crippen molar-refractivity contribution in [3.05, 3.63) is 106 Å². The van der Waals surface area contributed by atoms with Gasteiger partial charge in [0.15, 0.2) is 0 Å². The van der Waals surface area contributed by atoms with Crippen molar-refractivity contribution < 1.29 is 27.6 Å². The zero-order valence-electron chi connectivity index (χ0n) is 17.9. The molecule has 0 aliphatic carbocycles. The molecule has 0 saturated carbocycles. The Hall–Kier alpha value is -4.11. The van der Waals surface area contributed by atoms with Gasteiger partial charge in [-0.25, -0.2) is 0 Å². The van der Waals surface area contributed by atoms with Crippen LogP contribution in [0.3, 0.4) is 0 Å². The highest BCUT2D eigenvalue weighted by Gasteiger charge is 2.38. The second kappa shape index (κ2) is 9.63. The van der Waals surface area contributed by atoms with Gasteiger partial charge in [0.05, 0.1) is 17.8 Å². The second-order valence-electron chi connectivity index (χ2n) is 7.57. The number of nitrogens with zero attached hydrogens (tertiary/aromatic N) is 1. The van der Waals surface area contributed by atoms with E-state index in [1.165, 1.54) is 36.4 Å². The smallest absolute Gasteiger partial charge is 0.350 e. The lowest BCUT2D eigenvalue weighted by molar-refractivity contribution is -0.138. The fourth-order valence-electron chi connectivity index (χ4n) is 3.48. The summed E-state index contributed by atoms with van der Waals surface area (Å²) in [6.45, 7) is 0.0287. The zero-order valence-corrected chi connectivity index (χ0v) is 18.7. The maximum Gasteiger partial charge on any atom is 0.418 e. The van der Waals surface area contributed by atoms with Crippen LogP contribution in [0.2, 0.25) is 0 Å². The molecule has 178 valence electrons. The van der Waals surface area contributed by atoms with Gasteiger partial charge in [-0.3, -0.25) is 19.3 Å². The second-order valence-corrected chi connectivity index (χ2v) is 7.95. The van der Waals surface area contributed by atoms with Crippen molar-refractivity contribution in [3.8, 4) is 0 Å². The predicted molar refractivity (Wildman–Crippen MR) is 124 cm³/mol. The van der Waals surface area contributed by atoms with Crippen LogP contribution >= 0.6 is 11.6 Å². The molecule has 6 nitrogen and oxygen atoms in total. The van der Waals surface area contributed by atoms with E-state index in [4.69, 9.17) is 11.6 Å². The van der Waals surface area contributed by atoms with Crippen LogP contribution in [0.25, 0.3) is 0 Å². The molecule has 3 aromatic carbocycles. The number of halogens is 4. The van der Waals surface area contributed by atoms with Gasteiger partial charge >= 0.3 is 6.18 Å². The van der Waals surface area contributed by atoms with Gasteiger partial charge in [0, 0.05) is 11.3 Å². The molecule has 0 unspecified atom stereocenters. The number of rotatable bonds is 6. The summed E-state index contributed by atoms with van der Waals surface area (Å²) in [5, 5.41) is 4.71. The standard InChI is InChI=1S/C25H17ClF3N3O3/c26-20-21(24(35)32(23(20)34)14-15-7-2-1-3-8-15)30-17-10-6-9-16(13-17)22(33)31-19-12-5-4-11-18(19)25(27,28)29/h1-13,30H,14H2,(H,31,33). The van der Waals surface area contributed by atoms with Crippen molar-refractivity contribution in [2.24, 2.45) is 0 Å². The monoisotopic (exact) mass is 499 g/mol. The number of carbonyl (C=O) groups is 3. The molecule has 3 amide bonds. The lowest BCUT2D eigenvalue weighted by atomic mass is 10.1. The van der Waals surface area contributed by atoms with Crippen molar-refractivity contribution >= 4 is 40.7 Å². The molecule has 0 radical (unpaired) electrons. The van der Waals surface area contributed by atoms with E-state index in [1.807, 2.05) is 0 Å². The molecule has 35 heavy (non-hydrogen) atoms. The number of para-hydroxylation sites is 1. The third-order valence-electron chi connectivity index (χ3n) is 5.17. The molecule has 0 spiro atoms. The summed E-state index contributed by atoms with van der Waals surface area (Å²) in [5.74, 6) is -2.09. The molecule has 0 aromatic heterocycles. The Morgan fingerprint density at radius 1 is 0.886 bits per heavy atom. The number of benzene rings is 3. The van der Waals surface area contributed by atoms with Crippen LogP contribution in [0.4, 0.5) is 24.5 Å². The molecule has 1 aliphatic heterocycles. The molecule has 3 aromatic rings. The normalized spacial score (nSPS) is 13.9. The van der Waals surface area contributed by atoms with Crippen molar-refractivity contribution in [1.29, 1.82) is 0 Å². The number of hydrogen-bond donors (Lipinski definition) is 2. The minimum Gasteiger partial charge on any atom is -0.350 e. The molecule has 1 aliphatic rings. The van der Waals surface area contributed by atoms with Gasteiger partial charge in [-0.15, -0.1) is 0 Å². The van der Waals surface area contributed by atoms with Gasteiger partial charge in [0.2, 0.25) is 0 Å². The van der Waals surface area contributed by atoms with Gasteiger partial charge in [0.25, 0.3) is 17.7 Å². The van der Waals surface area contributed by atoms with Gasteiger partial charge in [-0.05, 0) is 35.9 Å². The highest BCUT2D eigenvalue weighted by molar-refractivity contribution is 6.48. The van der Waals surface area contributed by atoms with E-state index in [1.54, 1.807) is 30.3 Å². The minimum absolute atomic E-state index is 0.0287. The topological polar surface area (TPSA) is 78.5 Å². The van der Waals surface area contributed by atoms with Crippen molar-refractivity contribution in [3.63, 3.8) is 0 Å². The first-order valence-corrected chi connectivity index (χ1v) is 10.7. The molecule has 10 heteroatoms. The summed E-state index contributed by atoms with van der Waals surface area (Å²) < 4.78 is 39.7. The third-order valence-corrected chi connectivity index (χ3v) is 5.52. The van der Waals surface area contributed by atoms with E-state index < -0.39 is 29.5 Å². The molecular formula is C25H17ClF3N3O3. The molecule has 0 fully saturated rings. The first-order valence-electron chi connectivity index (χ1n) is 10.3. The number of amides is 3. The van der Waals surface area contributed by atoms with E-state index in [0.29, 0.717) is 0 Å². The van der Waals surface area contributed by atoms with E-state index in [9.17, 15) is 27.6 Å². The van der Waals surface area contributed by atoms with Gasteiger partial charge in [0.1, 0.15) is 10.7 Å². The minimum atomic E-state index is -4.64. The number of nitrogens with one attached hydrogen (secondary N) is 2. The molecular weight excluding hydrogens is 483 g/mol. The summed E-state index contributed by atoms with van der Waals surface area (Å²) in [6.07, 6.45) is -4.64. The lowest BCUT2D eigenvalue weighted by Crippen LogP contribution is -2.31. The van der Waals surface area contributed by atoms with Crippen molar-refractivity contribution in [2.45, 2.75) is 12.7 Å². The highest BCUT2D eigenvalue weighted by Crippen LogP contribution is 2.35. The number of alkyl halides is 3. The average molecular weight is 500 g/mol. The number of carbonyl (C=O) groups excluding carboxylic acids is 3. The summed E-state index contributed by atoms with van der Waals surface area (Å²) in [5.41, 5.74) is -0.514. The maximum atomic E-state index is 13.2. The average Bonchev–Trinajstić information content (AvgIpc) is 3.03. The van der Waals surface area contributed by atoms with Crippen LogP contribution in [0.15, 0.2) is 89.6 Å². The molecule has 0 atom stereocenters. The van der Waals surface area contributed by atoms with Crippen LogP contribution in [-0.2, 0) is 22.3 Å². The summed E-state index contributed by atoms with van der Waals surface area (Å²) in [7, 11) is 0. The highest BCUT2D eigenvalue weighted by atomic mass is 35.5. The number of hydrogen-bond acceptors (Lipinski definition) is 4. The van der Waals surface area contributed by atoms with E-state index >= 15 is 0 Å². The molecule has 2 N–H and O–H groups in total. The van der Waals surface area contributed by atoms with Crippen molar-refractivity contribution in [2.75, 3.05) is 10.6 Å². The summed E-state index contributed by atoms with van der Waals surface area (Å²) in [4.78, 5) is 39.0. The fraction of sp³-hybridized carbons (Fsp3) is 0.0800. The fourth-order valence-corrected chi connectivity index (χ4v) is 3.71. The first kappa shape index (κ1) is 24.0. The Bertz CT molecular complexity index is 1340. The Morgan fingerprint density at radius 3 is 2.29 bits per heavy atom. The SMILES string of the molecule is O=C(Nc1ccccc1C(F)(F)F)c1cccc(NC2=C(Cl)C(=O)N(Cc3ccccc3)C2=O)c1. The largest absolute Gasteiger partial charge is 0.418 e. The van der Waals surface area contributed by atoms with Crippen LogP contribution in [0, 0.1) is 0 Å². The zero-order chi connectivity index (χ0) is 25.2. The lowest BCUT2D eigenvalue weighted by Gasteiger charge is -2.15. The number of anilines is 2. The van der Waals surface area contributed by atoms with Gasteiger partial charge in [-0.2, -0.15) is 13.2 Å². The third kappa shape index (κ3) is 5.20. The quantitative estimate of drug-likeness (QED) is 0.446. The van der Waals surface area contributed by atoms with Crippen LogP contribution in [0.1, 0.15) is 21.5 Å². The van der Waals surface area contributed by atoms with Crippen molar-refractivity contribution in [1.82, 2.24) is 4.90 Å². The van der Waals surface area contributed by atoms with E-state index in [-0.39, 0.29) is 34.2 Å². The summed E-state index contributed by atoms with van der Waals surface area (Å²) >= 11 is 6.12. The van der Waals surface area contributed by atoms with E-state index in [2.05, 4.69) is 10.6 Å². The molecule has 0 saturated heterocycles. The first-order chi connectivity index (χ1) is 16.6. The van der Waals surface area contributed by atoms with E-state index in [0.717, 1.165) is 22.6 Å². The Kier molecular flexibility index (Phi) is 6.61. The molecule has 1 heterocycles. The van der Waals surface area contributed by atoms with Crippen LogP contribution in [-0.4, -0.2) is 22.6 Å². The number of imide groups is 1.